The minimum atomic E-state index is -0.120. The molecule has 0 saturated heterocycles. The number of furan rings is 3. The number of thiophene rings is 1. The van der Waals surface area contributed by atoms with Crippen molar-refractivity contribution in [2.45, 2.75) is 0 Å². The van der Waals surface area contributed by atoms with Gasteiger partial charge in [-0.2, -0.15) is 0 Å². The van der Waals surface area contributed by atoms with Crippen molar-refractivity contribution in [2.24, 2.45) is 0 Å². The summed E-state index contributed by atoms with van der Waals surface area (Å²) in [5.41, 5.74) is 24.0. The Kier molecular flexibility index (Phi) is 15.1. The predicted molar refractivity (Wildman–Crippen MR) is 446 cm³/mol. The average Bonchev–Trinajstić information content (AvgIpc) is 1.53. The molecule has 13 heterocycles. The zero-order chi connectivity index (χ0) is 71.2. The van der Waals surface area contributed by atoms with Crippen molar-refractivity contribution in [1.82, 2.24) is 29.1 Å². The Bertz CT molecular complexity index is 6130. The number of hydrogen-bond acceptors (Lipinski definition) is 11. The first kappa shape index (κ1) is 62.6. The van der Waals surface area contributed by atoms with Crippen LogP contribution in [-0.4, -0.2) is 49.2 Å². The minimum absolute atomic E-state index is 0.00603. The van der Waals surface area contributed by atoms with Crippen LogP contribution in [-0.2, 0) is 0 Å². The Balaban J connectivity index is 0.000000105. The Morgan fingerprint density at radius 2 is 0.630 bits per heavy atom. The molecule has 0 fully saturated rings. The molecule has 0 amide bonds. The number of hydrogen-bond donors (Lipinski definition) is 0. The van der Waals surface area contributed by atoms with Crippen LogP contribution in [0.2, 0.25) is 0 Å². The van der Waals surface area contributed by atoms with Crippen LogP contribution in [0.15, 0.2) is 378 Å². The summed E-state index contributed by atoms with van der Waals surface area (Å²) in [7, 11) is 0. The number of nitrogens with zero attached hydrogens (tertiary/aromatic N) is 9. The van der Waals surface area contributed by atoms with Crippen LogP contribution in [0.25, 0.3) is 76.7 Å². The summed E-state index contributed by atoms with van der Waals surface area (Å²) >= 11 is 1.84. The second kappa shape index (κ2) is 26.0. The quantitative estimate of drug-likeness (QED) is 0.136. The van der Waals surface area contributed by atoms with Gasteiger partial charge in [0.05, 0.1) is 38.5 Å². The van der Waals surface area contributed by atoms with Gasteiger partial charge < -0.3 is 27.3 Å². The maximum absolute atomic E-state index is 6.55. The summed E-state index contributed by atoms with van der Waals surface area (Å²) in [4.78, 5) is 26.1. The van der Waals surface area contributed by atoms with Gasteiger partial charge in [0.1, 0.15) is 28.2 Å². The molecule has 506 valence electrons. The highest BCUT2D eigenvalue weighted by Gasteiger charge is 2.48. The lowest BCUT2D eigenvalue weighted by Crippen LogP contribution is -2.60. The first-order chi connectivity index (χ1) is 53.7. The van der Waals surface area contributed by atoms with Gasteiger partial charge in [0.2, 0.25) is 17.3 Å². The van der Waals surface area contributed by atoms with E-state index >= 15 is 0 Å². The topological polar surface area (TPSA) is 111 Å². The largest absolute Gasteiger partial charge is 0.450 e. The fourth-order valence-corrected chi connectivity index (χ4v) is 18.0. The van der Waals surface area contributed by atoms with Crippen molar-refractivity contribution < 1.29 is 13.3 Å². The Morgan fingerprint density at radius 1 is 0.269 bits per heavy atom. The smallest absolute Gasteiger partial charge is 0.297 e. The van der Waals surface area contributed by atoms with Crippen LogP contribution in [0.1, 0.15) is 0 Å². The number of rotatable bonds is 8. The molecule has 0 bridgehead atoms. The standard InChI is InChI=1S/C38H26BN5.C27H17BN2O2.C27H17BN2OS/c1-5-15-27(16-6-1)39-35-33(31-23-13-25-40-37(31)43(35)29-19-9-3-10-20-29)42(28-17-7-2-8-18-28)34-32-24-14-26-41-38(32)44(36(34)39)30-21-11-4-12-22-30;1-3-10-18(11-4-1)28-23-20-14-7-8-16-22(20)31-27(23)30(19-12-5-2-6-13-19)24-21-15-9-17-29-26(21)32-25(24)28;1-3-10-18(11-4-1)28-23-20-14-7-8-16-22(20)32-27(23)30(19-12-5-2-6-13-19)24-21-15-9-17-29-26(21)31-25(24)28/h1-26H;2*1-17H. The highest BCUT2D eigenvalue weighted by molar-refractivity contribution is 7.26. The van der Waals surface area contributed by atoms with Gasteiger partial charge in [0, 0.05) is 90.7 Å². The van der Waals surface area contributed by atoms with Crippen molar-refractivity contribution in [3.05, 3.63) is 365 Å². The first-order valence-corrected chi connectivity index (χ1v) is 37.1. The molecule has 23 rings (SSSR count). The summed E-state index contributed by atoms with van der Waals surface area (Å²) in [6.45, 7) is -0.213. The van der Waals surface area contributed by atoms with E-state index in [0.717, 1.165) is 123 Å². The summed E-state index contributed by atoms with van der Waals surface area (Å²) in [6.07, 6.45) is 7.36. The molecule has 3 aliphatic heterocycles. The predicted octanol–water partition coefficient (Wildman–Crippen LogP) is 16.9. The lowest BCUT2D eigenvalue weighted by atomic mass is 9.37. The SMILES string of the molecule is c1ccc(B2c3c(c4cccnc4n3-c3ccccc3)N(c3ccccc3)c3c2n(-c2ccccc2)c2ncccc32)cc1.c1ccc(B2c3oc4ncccc4c3N(c3ccccc3)c3oc4ccccc4c32)cc1.c1ccc(B2c3oc4ncccc4c3N(c3ccccc3)c3sc4ccccc4c32)cc1. The van der Waals surface area contributed by atoms with Gasteiger partial charge in [-0.25, -0.2) is 19.9 Å². The van der Waals surface area contributed by atoms with Gasteiger partial charge in [-0.05, 0) is 132 Å². The fourth-order valence-electron chi connectivity index (χ4n) is 16.7. The molecule has 3 aliphatic rings. The van der Waals surface area contributed by atoms with Crippen LogP contribution in [0, 0.1) is 0 Å². The van der Waals surface area contributed by atoms with E-state index in [2.05, 4.69) is 313 Å². The van der Waals surface area contributed by atoms with Crippen molar-refractivity contribution >= 4 is 197 Å². The van der Waals surface area contributed by atoms with E-state index in [1.807, 2.05) is 84.4 Å². The van der Waals surface area contributed by atoms with Crippen LogP contribution in [0.5, 0.6) is 0 Å². The second-order valence-electron chi connectivity index (χ2n) is 27.1. The summed E-state index contributed by atoms with van der Waals surface area (Å²) in [6, 6.07) is 118. The summed E-state index contributed by atoms with van der Waals surface area (Å²) in [5, 5.41) is 7.83. The van der Waals surface area contributed by atoms with E-state index in [1.165, 1.54) is 42.7 Å². The number of pyridine rings is 4. The van der Waals surface area contributed by atoms with E-state index in [-0.39, 0.29) is 20.1 Å². The van der Waals surface area contributed by atoms with Crippen LogP contribution >= 0.6 is 11.3 Å². The van der Waals surface area contributed by atoms with Gasteiger partial charge in [0.15, 0.2) is 0 Å². The number of anilines is 9. The molecule has 0 aliphatic carbocycles. The highest BCUT2D eigenvalue weighted by Crippen LogP contribution is 2.49. The maximum Gasteiger partial charge on any atom is 0.297 e. The molecule has 20 aromatic rings. The number of fused-ring (bicyclic) bond motifs is 18. The first-order valence-electron chi connectivity index (χ1n) is 36.3. The monoisotopic (exact) mass is 1400 g/mol. The molecule has 108 heavy (non-hydrogen) atoms. The molecular formula is C92H60B3N9O3S. The third-order valence-corrected chi connectivity index (χ3v) is 22.2. The molecule has 0 saturated carbocycles. The molecule has 12 nitrogen and oxygen atoms in total. The van der Waals surface area contributed by atoms with Crippen LogP contribution < -0.4 is 64.5 Å². The van der Waals surface area contributed by atoms with Crippen molar-refractivity contribution in [3.8, 4) is 11.4 Å². The van der Waals surface area contributed by atoms with Gasteiger partial charge >= 0.3 is 0 Å². The molecule has 10 aromatic heterocycles. The van der Waals surface area contributed by atoms with Crippen molar-refractivity contribution in [3.63, 3.8) is 0 Å². The molecular weight excluding hydrogens is 1340 g/mol. The average molecular weight is 1400 g/mol. The van der Waals surface area contributed by atoms with E-state index < -0.39 is 0 Å². The Hall–Kier alpha value is -13.9. The molecule has 0 N–H and O–H groups in total. The van der Waals surface area contributed by atoms with Gasteiger partial charge in [-0.15, -0.1) is 11.3 Å². The van der Waals surface area contributed by atoms with Crippen LogP contribution in [0.3, 0.4) is 0 Å². The molecule has 0 spiro atoms. The minimum Gasteiger partial charge on any atom is -0.450 e. The normalized spacial score (nSPS) is 12.7. The molecule has 0 unspecified atom stereocenters. The van der Waals surface area contributed by atoms with Gasteiger partial charge in [0.25, 0.3) is 20.1 Å². The third kappa shape index (κ3) is 10.0. The Labute approximate surface area is 626 Å². The van der Waals surface area contributed by atoms with Crippen molar-refractivity contribution in [2.75, 3.05) is 14.7 Å². The molecule has 10 aromatic carbocycles. The number of benzene rings is 10. The van der Waals surface area contributed by atoms with Crippen LogP contribution in [0.4, 0.5) is 50.7 Å². The number of aromatic nitrogens is 6. The summed E-state index contributed by atoms with van der Waals surface area (Å²) in [5.74, 6) is 0.824. The maximum atomic E-state index is 6.55. The third-order valence-electron chi connectivity index (χ3n) is 21.1. The van der Waals surface area contributed by atoms with E-state index in [1.54, 1.807) is 12.4 Å². The van der Waals surface area contributed by atoms with Gasteiger partial charge in [-0.3, -0.25) is 9.80 Å². The van der Waals surface area contributed by atoms with Gasteiger partial charge in [-0.1, -0.05) is 235 Å². The molecule has 0 radical (unpaired) electrons. The lowest BCUT2D eigenvalue weighted by molar-refractivity contribution is 0.616. The highest BCUT2D eigenvalue weighted by atomic mass is 32.1. The zero-order valence-corrected chi connectivity index (χ0v) is 58.8. The lowest BCUT2D eigenvalue weighted by Gasteiger charge is -2.35. The number of para-hydroxylation sites is 6. The van der Waals surface area contributed by atoms with Crippen molar-refractivity contribution in [1.29, 1.82) is 0 Å². The fraction of sp³-hybridized carbons (Fsp3) is 0. The van der Waals surface area contributed by atoms with E-state index in [9.17, 15) is 0 Å². The summed E-state index contributed by atoms with van der Waals surface area (Å²) < 4.78 is 25.6. The Morgan fingerprint density at radius 3 is 1.12 bits per heavy atom. The zero-order valence-electron chi connectivity index (χ0n) is 58.0. The van der Waals surface area contributed by atoms with E-state index in [4.69, 9.17) is 23.2 Å². The molecule has 16 heteroatoms. The second-order valence-corrected chi connectivity index (χ2v) is 28.1. The van der Waals surface area contributed by atoms with E-state index in [0.29, 0.717) is 11.4 Å². The molecule has 0 atom stereocenters.